The van der Waals surface area contributed by atoms with Crippen molar-refractivity contribution in [3.63, 3.8) is 0 Å². The van der Waals surface area contributed by atoms with E-state index in [2.05, 4.69) is 15.5 Å². The number of aryl methyl sites for hydroxylation is 1. The molecule has 0 bridgehead atoms. The van der Waals surface area contributed by atoms with Gasteiger partial charge in [0.1, 0.15) is 17.6 Å². The Morgan fingerprint density at radius 3 is 2.47 bits per heavy atom. The van der Waals surface area contributed by atoms with E-state index in [0.717, 1.165) is 17.7 Å². The van der Waals surface area contributed by atoms with E-state index >= 15 is 0 Å². The standard InChI is InChI=1S/C28H35FN6O3/c1-4-34-16-19(29)13-20(34)15-32-25(37)12-17-6-8-18(9-7-17)23-11-10-21-26(38)22(14-24(36)31-3)27(30)35(5-2)28(21)33-23/h6-11,19-20H,4-5,12-16,30H2,1-3H3,(H,31,36)(H,32,37)/t19-,20+/m1/s1. The molecule has 9 nitrogen and oxygen atoms in total. The molecule has 0 spiro atoms. The summed E-state index contributed by atoms with van der Waals surface area (Å²) < 4.78 is 15.4. The van der Waals surface area contributed by atoms with Crippen molar-refractivity contribution in [1.29, 1.82) is 0 Å². The summed E-state index contributed by atoms with van der Waals surface area (Å²) >= 11 is 0. The third-order valence-electron chi connectivity index (χ3n) is 7.21. The number of pyridine rings is 2. The molecular weight excluding hydrogens is 487 g/mol. The number of carbonyl (C=O) groups excluding carboxylic acids is 2. The maximum absolute atomic E-state index is 13.7. The van der Waals surface area contributed by atoms with Crippen LogP contribution in [0, 0.1) is 0 Å². The zero-order chi connectivity index (χ0) is 27.4. The van der Waals surface area contributed by atoms with Crippen molar-refractivity contribution in [2.45, 2.75) is 51.9 Å². The minimum atomic E-state index is -0.832. The van der Waals surface area contributed by atoms with Gasteiger partial charge in [-0.1, -0.05) is 31.2 Å². The van der Waals surface area contributed by atoms with Crippen LogP contribution in [0.3, 0.4) is 0 Å². The Bertz CT molecular complexity index is 1390. The highest BCUT2D eigenvalue weighted by molar-refractivity contribution is 5.85. The molecule has 0 saturated carbocycles. The van der Waals surface area contributed by atoms with Gasteiger partial charge in [0, 0.05) is 43.9 Å². The van der Waals surface area contributed by atoms with E-state index in [0.29, 0.717) is 42.8 Å². The summed E-state index contributed by atoms with van der Waals surface area (Å²) in [5, 5.41) is 5.87. The number of rotatable bonds is 9. The molecule has 3 heterocycles. The smallest absolute Gasteiger partial charge is 0.224 e. The number of likely N-dealkylation sites (tertiary alicyclic amines) is 1. The van der Waals surface area contributed by atoms with E-state index in [9.17, 15) is 18.8 Å². The number of aromatic nitrogens is 2. The van der Waals surface area contributed by atoms with Crippen molar-refractivity contribution in [3.05, 3.63) is 57.7 Å². The fourth-order valence-corrected chi connectivity index (χ4v) is 5.08. The number of carbonyl (C=O) groups is 2. The summed E-state index contributed by atoms with van der Waals surface area (Å²) in [5.41, 5.74) is 9.05. The second-order valence-corrected chi connectivity index (χ2v) is 9.61. The second-order valence-electron chi connectivity index (χ2n) is 9.61. The first-order chi connectivity index (χ1) is 18.2. The molecule has 4 N–H and O–H groups in total. The molecule has 1 aliphatic heterocycles. The summed E-state index contributed by atoms with van der Waals surface area (Å²) in [5.74, 6) is -0.153. The van der Waals surface area contributed by atoms with Crippen LogP contribution in [0.15, 0.2) is 41.2 Å². The monoisotopic (exact) mass is 522 g/mol. The Kier molecular flexibility index (Phi) is 8.41. The van der Waals surface area contributed by atoms with Crippen molar-refractivity contribution < 1.29 is 14.0 Å². The van der Waals surface area contributed by atoms with Crippen molar-refractivity contribution in [2.24, 2.45) is 0 Å². The summed E-state index contributed by atoms with van der Waals surface area (Å²) in [4.78, 5) is 44.3. The summed E-state index contributed by atoms with van der Waals surface area (Å²) in [6.07, 6.45) is -0.249. The van der Waals surface area contributed by atoms with Gasteiger partial charge in [-0.25, -0.2) is 9.37 Å². The van der Waals surface area contributed by atoms with Crippen LogP contribution in [0.25, 0.3) is 22.3 Å². The lowest BCUT2D eigenvalue weighted by Gasteiger charge is -2.22. The molecule has 202 valence electrons. The lowest BCUT2D eigenvalue weighted by Crippen LogP contribution is -2.40. The average Bonchev–Trinajstić information content (AvgIpc) is 3.29. The minimum absolute atomic E-state index is 0.0368. The van der Waals surface area contributed by atoms with Crippen molar-refractivity contribution in [3.8, 4) is 11.3 Å². The van der Waals surface area contributed by atoms with Gasteiger partial charge in [-0.3, -0.25) is 19.3 Å². The zero-order valence-corrected chi connectivity index (χ0v) is 22.1. The maximum Gasteiger partial charge on any atom is 0.224 e. The van der Waals surface area contributed by atoms with E-state index < -0.39 is 6.17 Å². The minimum Gasteiger partial charge on any atom is -0.385 e. The zero-order valence-electron chi connectivity index (χ0n) is 22.1. The number of benzene rings is 1. The molecule has 1 aliphatic rings. The van der Waals surface area contributed by atoms with Gasteiger partial charge >= 0.3 is 0 Å². The number of halogens is 1. The van der Waals surface area contributed by atoms with Gasteiger partial charge in [-0.2, -0.15) is 0 Å². The predicted octanol–water partition coefficient (Wildman–Crippen LogP) is 2.05. The number of hydrogen-bond acceptors (Lipinski definition) is 6. The van der Waals surface area contributed by atoms with Gasteiger partial charge in [0.05, 0.1) is 23.9 Å². The lowest BCUT2D eigenvalue weighted by molar-refractivity contribution is -0.121. The Morgan fingerprint density at radius 2 is 1.82 bits per heavy atom. The molecule has 2 atom stereocenters. The molecule has 3 aromatic rings. The first-order valence-electron chi connectivity index (χ1n) is 13.0. The molecule has 1 saturated heterocycles. The molecule has 38 heavy (non-hydrogen) atoms. The van der Waals surface area contributed by atoms with Gasteiger partial charge < -0.3 is 20.9 Å². The lowest BCUT2D eigenvalue weighted by atomic mass is 10.0. The summed E-state index contributed by atoms with van der Waals surface area (Å²) in [6, 6.07) is 11.0. The summed E-state index contributed by atoms with van der Waals surface area (Å²) in [7, 11) is 1.52. The summed E-state index contributed by atoms with van der Waals surface area (Å²) in [6.45, 7) is 6.03. The SMILES string of the molecule is CCN1C[C@H](F)C[C@H]1CNC(=O)Cc1ccc(-c2ccc3c(=O)c(CC(=O)NC)c(N)n(CC)c3n2)cc1. The van der Waals surface area contributed by atoms with Crippen LogP contribution >= 0.6 is 0 Å². The largest absolute Gasteiger partial charge is 0.385 e. The molecule has 2 amide bonds. The van der Waals surface area contributed by atoms with Crippen LogP contribution in [-0.2, 0) is 29.0 Å². The molecule has 2 aromatic heterocycles. The predicted molar refractivity (Wildman–Crippen MR) is 147 cm³/mol. The fourth-order valence-electron chi connectivity index (χ4n) is 5.08. The number of nitrogens with two attached hydrogens (primary N) is 1. The highest BCUT2D eigenvalue weighted by Crippen LogP contribution is 2.24. The van der Waals surface area contributed by atoms with E-state index in [1.54, 1.807) is 16.7 Å². The molecular formula is C28H35FN6O3. The first-order valence-corrected chi connectivity index (χ1v) is 13.0. The average molecular weight is 523 g/mol. The topological polar surface area (TPSA) is 122 Å². The molecule has 1 fully saturated rings. The van der Waals surface area contributed by atoms with Crippen molar-refractivity contribution >= 4 is 28.7 Å². The number of anilines is 1. The third kappa shape index (κ3) is 5.70. The van der Waals surface area contributed by atoms with Crippen LogP contribution < -0.4 is 21.8 Å². The van der Waals surface area contributed by atoms with E-state index in [1.165, 1.54) is 7.05 Å². The molecule has 0 unspecified atom stereocenters. The van der Waals surface area contributed by atoms with Crippen LogP contribution in [0.4, 0.5) is 10.2 Å². The molecule has 0 radical (unpaired) electrons. The van der Waals surface area contributed by atoms with Gasteiger partial charge in [0.15, 0.2) is 5.43 Å². The quantitative estimate of drug-likeness (QED) is 0.395. The fraction of sp³-hybridized carbons (Fsp3) is 0.429. The molecule has 1 aromatic carbocycles. The van der Waals surface area contributed by atoms with Gasteiger partial charge in [-0.15, -0.1) is 0 Å². The van der Waals surface area contributed by atoms with E-state index in [4.69, 9.17) is 10.7 Å². The van der Waals surface area contributed by atoms with Gasteiger partial charge in [0.25, 0.3) is 0 Å². The van der Waals surface area contributed by atoms with Crippen LogP contribution in [0.5, 0.6) is 0 Å². The Balaban J connectivity index is 1.50. The van der Waals surface area contributed by atoms with Gasteiger partial charge in [-0.05, 0) is 37.6 Å². The number of amides is 2. The third-order valence-corrected chi connectivity index (χ3v) is 7.21. The van der Waals surface area contributed by atoms with Crippen LogP contribution in [0.2, 0.25) is 0 Å². The Hall–Kier alpha value is -3.79. The van der Waals surface area contributed by atoms with E-state index in [-0.39, 0.29) is 47.5 Å². The number of nitrogens with zero attached hydrogens (tertiary/aromatic N) is 3. The normalized spacial score (nSPS) is 17.6. The number of nitrogens with one attached hydrogen (secondary N) is 2. The first kappa shape index (κ1) is 27.3. The second kappa shape index (κ2) is 11.7. The van der Waals surface area contributed by atoms with Crippen molar-refractivity contribution in [2.75, 3.05) is 32.4 Å². The molecule has 10 heteroatoms. The molecule has 4 rings (SSSR count). The highest BCUT2D eigenvalue weighted by Gasteiger charge is 2.30. The number of hydrogen-bond donors (Lipinski definition) is 3. The van der Waals surface area contributed by atoms with Crippen LogP contribution in [-0.4, -0.2) is 65.2 Å². The van der Waals surface area contributed by atoms with E-state index in [1.807, 2.05) is 38.1 Å². The van der Waals surface area contributed by atoms with Gasteiger partial charge in [0.2, 0.25) is 11.8 Å². The molecule has 0 aliphatic carbocycles. The number of nitrogen functional groups attached to an aromatic ring is 1. The highest BCUT2D eigenvalue weighted by atomic mass is 19.1. The Morgan fingerprint density at radius 1 is 1.08 bits per heavy atom. The van der Waals surface area contributed by atoms with Crippen molar-refractivity contribution in [1.82, 2.24) is 25.1 Å². The number of fused-ring (bicyclic) bond motifs is 1. The Labute approximate surface area is 221 Å². The van der Waals surface area contributed by atoms with Crippen LogP contribution in [0.1, 0.15) is 31.4 Å². The maximum atomic E-state index is 13.7. The number of alkyl halides is 1. The number of likely N-dealkylation sites (N-methyl/N-ethyl adjacent to an activating group) is 2.